The number of benzene rings is 2. The van der Waals surface area contributed by atoms with Crippen molar-refractivity contribution in [3.63, 3.8) is 0 Å². The number of hydrogen-bond donors (Lipinski definition) is 1. The van der Waals surface area contributed by atoms with Crippen molar-refractivity contribution in [3.05, 3.63) is 48.0 Å². The number of aromatic nitrogens is 3. The standard InChI is InChI=1S/C18H18N4O3/c1-2-22-15-8-7-12(9-14(15)20-21-22)18(23)19-10-13-11-24-16-5-3-4-6-17(16)25-13/h3-9,13H,2,10-11H2,1H3,(H,19,23)/t13-/m0/s1. The molecular weight excluding hydrogens is 320 g/mol. The molecule has 1 aliphatic heterocycles. The lowest BCUT2D eigenvalue weighted by Gasteiger charge is -2.26. The fourth-order valence-corrected chi connectivity index (χ4v) is 2.82. The van der Waals surface area contributed by atoms with Crippen molar-refractivity contribution in [1.29, 1.82) is 0 Å². The molecule has 1 aromatic heterocycles. The van der Waals surface area contributed by atoms with Crippen LogP contribution in [0.25, 0.3) is 11.0 Å². The molecule has 0 bridgehead atoms. The zero-order valence-corrected chi connectivity index (χ0v) is 13.8. The van der Waals surface area contributed by atoms with E-state index in [-0.39, 0.29) is 12.0 Å². The van der Waals surface area contributed by atoms with Gasteiger partial charge in [0.15, 0.2) is 11.5 Å². The zero-order chi connectivity index (χ0) is 17.2. The molecular formula is C18H18N4O3. The summed E-state index contributed by atoms with van der Waals surface area (Å²) in [5.74, 6) is 1.26. The molecule has 7 nitrogen and oxygen atoms in total. The second-order valence-corrected chi connectivity index (χ2v) is 5.82. The number of carbonyl (C=O) groups excluding carboxylic acids is 1. The van der Waals surface area contributed by atoms with E-state index in [2.05, 4.69) is 15.6 Å². The van der Waals surface area contributed by atoms with Gasteiger partial charge in [0, 0.05) is 12.1 Å². The van der Waals surface area contributed by atoms with Crippen LogP contribution in [0.1, 0.15) is 17.3 Å². The molecule has 0 radical (unpaired) electrons. The van der Waals surface area contributed by atoms with Crippen LogP contribution in [0.3, 0.4) is 0 Å². The summed E-state index contributed by atoms with van der Waals surface area (Å²) in [5.41, 5.74) is 2.17. The molecule has 2 heterocycles. The lowest BCUT2D eigenvalue weighted by Crippen LogP contribution is -2.40. The molecule has 1 amide bonds. The van der Waals surface area contributed by atoms with E-state index >= 15 is 0 Å². The minimum atomic E-state index is -0.219. The van der Waals surface area contributed by atoms with Gasteiger partial charge >= 0.3 is 0 Å². The first-order chi connectivity index (χ1) is 12.2. The molecule has 0 unspecified atom stereocenters. The van der Waals surface area contributed by atoms with Crippen LogP contribution in [0.5, 0.6) is 11.5 Å². The maximum absolute atomic E-state index is 12.4. The van der Waals surface area contributed by atoms with Crippen LogP contribution >= 0.6 is 0 Å². The summed E-state index contributed by atoms with van der Waals surface area (Å²) in [4.78, 5) is 12.4. The fraction of sp³-hybridized carbons (Fsp3) is 0.278. The number of nitrogens with zero attached hydrogens (tertiary/aromatic N) is 3. The predicted octanol–water partition coefficient (Wildman–Crippen LogP) is 2.02. The molecule has 0 spiro atoms. The Morgan fingerprint density at radius 1 is 1.28 bits per heavy atom. The number of carbonyl (C=O) groups is 1. The number of ether oxygens (including phenoxy) is 2. The maximum atomic E-state index is 12.4. The molecule has 2 aromatic carbocycles. The van der Waals surface area contributed by atoms with Gasteiger partial charge < -0.3 is 14.8 Å². The van der Waals surface area contributed by atoms with E-state index in [1.165, 1.54) is 0 Å². The Bertz CT molecular complexity index is 922. The highest BCUT2D eigenvalue weighted by Crippen LogP contribution is 2.30. The molecule has 0 saturated carbocycles. The van der Waals surface area contributed by atoms with E-state index in [0.29, 0.717) is 30.0 Å². The van der Waals surface area contributed by atoms with Gasteiger partial charge in [-0.3, -0.25) is 4.79 Å². The minimum absolute atomic E-state index is 0.171. The summed E-state index contributed by atoms with van der Waals surface area (Å²) >= 11 is 0. The van der Waals surface area contributed by atoms with Crippen LogP contribution in [-0.2, 0) is 6.54 Å². The Morgan fingerprint density at radius 2 is 2.12 bits per heavy atom. The maximum Gasteiger partial charge on any atom is 0.251 e. The van der Waals surface area contributed by atoms with Gasteiger partial charge in [-0.25, -0.2) is 4.68 Å². The van der Waals surface area contributed by atoms with Crippen LogP contribution in [0.2, 0.25) is 0 Å². The molecule has 1 aliphatic rings. The summed E-state index contributed by atoms with van der Waals surface area (Å²) in [6.45, 7) is 3.51. The van der Waals surface area contributed by atoms with Gasteiger partial charge in [-0.15, -0.1) is 5.10 Å². The molecule has 1 N–H and O–H groups in total. The highest BCUT2D eigenvalue weighted by Gasteiger charge is 2.21. The molecule has 0 aliphatic carbocycles. The molecule has 1 atom stereocenters. The van der Waals surface area contributed by atoms with Gasteiger partial charge in [0.1, 0.15) is 18.2 Å². The highest BCUT2D eigenvalue weighted by molar-refractivity contribution is 5.97. The van der Waals surface area contributed by atoms with Gasteiger partial charge in [-0.05, 0) is 37.3 Å². The lowest BCUT2D eigenvalue weighted by molar-refractivity contribution is 0.0789. The third kappa shape index (κ3) is 3.00. The number of aryl methyl sites for hydroxylation is 1. The average molecular weight is 338 g/mol. The first kappa shape index (κ1) is 15.4. The SMILES string of the molecule is CCn1nnc2cc(C(=O)NC[C@H]3COc4ccccc4O3)ccc21. The minimum Gasteiger partial charge on any atom is -0.486 e. The Kier molecular flexibility index (Phi) is 3.97. The van der Waals surface area contributed by atoms with Crippen molar-refractivity contribution in [3.8, 4) is 11.5 Å². The van der Waals surface area contributed by atoms with Crippen molar-refractivity contribution < 1.29 is 14.3 Å². The van der Waals surface area contributed by atoms with Gasteiger partial charge in [-0.2, -0.15) is 0 Å². The second kappa shape index (κ2) is 6.43. The molecule has 25 heavy (non-hydrogen) atoms. The van der Waals surface area contributed by atoms with Crippen molar-refractivity contribution in [2.45, 2.75) is 19.6 Å². The molecule has 4 rings (SSSR count). The third-order valence-corrected chi connectivity index (χ3v) is 4.13. The monoisotopic (exact) mass is 338 g/mol. The highest BCUT2D eigenvalue weighted by atomic mass is 16.6. The smallest absolute Gasteiger partial charge is 0.251 e. The Balaban J connectivity index is 1.41. The molecule has 0 fully saturated rings. The van der Waals surface area contributed by atoms with Crippen molar-refractivity contribution in [1.82, 2.24) is 20.3 Å². The topological polar surface area (TPSA) is 78.3 Å². The summed E-state index contributed by atoms with van der Waals surface area (Å²) < 4.78 is 13.3. The summed E-state index contributed by atoms with van der Waals surface area (Å²) in [6, 6.07) is 12.9. The van der Waals surface area contributed by atoms with E-state index < -0.39 is 0 Å². The average Bonchev–Trinajstić information content (AvgIpc) is 3.08. The van der Waals surface area contributed by atoms with E-state index in [9.17, 15) is 4.79 Å². The second-order valence-electron chi connectivity index (χ2n) is 5.82. The van der Waals surface area contributed by atoms with Crippen molar-refractivity contribution >= 4 is 16.9 Å². The first-order valence-electron chi connectivity index (χ1n) is 8.24. The lowest BCUT2D eigenvalue weighted by atomic mass is 10.2. The fourth-order valence-electron chi connectivity index (χ4n) is 2.82. The number of hydrogen-bond acceptors (Lipinski definition) is 5. The van der Waals surface area contributed by atoms with Crippen molar-refractivity contribution in [2.24, 2.45) is 0 Å². The van der Waals surface area contributed by atoms with Crippen molar-refractivity contribution in [2.75, 3.05) is 13.2 Å². The van der Waals surface area contributed by atoms with E-state index in [4.69, 9.17) is 9.47 Å². The van der Waals surface area contributed by atoms with Crippen LogP contribution < -0.4 is 14.8 Å². The van der Waals surface area contributed by atoms with Gasteiger partial charge in [0.25, 0.3) is 5.91 Å². The van der Waals surface area contributed by atoms with Crippen LogP contribution in [0.15, 0.2) is 42.5 Å². The number of fused-ring (bicyclic) bond motifs is 2. The summed E-state index contributed by atoms with van der Waals surface area (Å²) in [6.07, 6.45) is -0.219. The van der Waals surface area contributed by atoms with Gasteiger partial charge in [0.05, 0.1) is 12.1 Å². The van der Waals surface area contributed by atoms with E-state index in [1.807, 2.05) is 37.3 Å². The number of rotatable bonds is 4. The third-order valence-electron chi connectivity index (χ3n) is 4.13. The number of amides is 1. The van der Waals surface area contributed by atoms with E-state index in [0.717, 1.165) is 17.8 Å². The Hall–Kier alpha value is -3.09. The molecule has 3 aromatic rings. The van der Waals surface area contributed by atoms with Crippen LogP contribution in [0, 0.1) is 0 Å². The quantitative estimate of drug-likeness (QED) is 0.787. The zero-order valence-electron chi connectivity index (χ0n) is 13.8. The van der Waals surface area contributed by atoms with Crippen LogP contribution in [0.4, 0.5) is 0 Å². The summed E-state index contributed by atoms with van der Waals surface area (Å²) in [5, 5.41) is 11.0. The normalized spacial score (nSPS) is 16.0. The first-order valence-corrected chi connectivity index (χ1v) is 8.24. The Labute approximate surface area is 144 Å². The van der Waals surface area contributed by atoms with Crippen LogP contribution in [-0.4, -0.2) is 40.2 Å². The molecule has 7 heteroatoms. The van der Waals surface area contributed by atoms with Gasteiger partial charge in [0.2, 0.25) is 0 Å². The Morgan fingerprint density at radius 3 is 2.96 bits per heavy atom. The predicted molar refractivity (Wildman–Crippen MR) is 91.9 cm³/mol. The molecule has 128 valence electrons. The number of nitrogens with one attached hydrogen (secondary N) is 1. The summed E-state index contributed by atoms with van der Waals surface area (Å²) in [7, 11) is 0. The molecule has 0 saturated heterocycles. The van der Waals surface area contributed by atoms with E-state index in [1.54, 1.807) is 16.8 Å². The number of para-hydroxylation sites is 2. The van der Waals surface area contributed by atoms with Gasteiger partial charge in [-0.1, -0.05) is 17.3 Å². The largest absolute Gasteiger partial charge is 0.486 e.